The van der Waals surface area contributed by atoms with Crippen LogP contribution in [0.2, 0.25) is 0 Å². The second kappa shape index (κ2) is 11.2. The lowest BCUT2D eigenvalue weighted by molar-refractivity contribution is 0.0360. The Balaban J connectivity index is 1.76. The quantitative estimate of drug-likeness (QED) is 0.413. The third kappa shape index (κ3) is 9.33. The van der Waals surface area contributed by atoms with Gasteiger partial charge in [0.05, 0.1) is 23.6 Å². The average Bonchev–Trinajstić information content (AvgIpc) is 2.84. The van der Waals surface area contributed by atoms with Crippen molar-refractivity contribution < 1.29 is 14.2 Å². The van der Waals surface area contributed by atoms with Crippen LogP contribution in [0.5, 0.6) is 5.06 Å². The molecule has 0 radical (unpaired) electrons. The molecule has 104 valence electrons. The van der Waals surface area contributed by atoms with Crippen LogP contribution >= 0.6 is 43.2 Å². The van der Waals surface area contributed by atoms with Gasteiger partial charge in [-0.3, -0.25) is 0 Å². The molecule has 0 amide bonds. The summed E-state index contributed by atoms with van der Waals surface area (Å²) in [6.45, 7) is 3.25. The third-order valence-corrected chi connectivity index (χ3v) is 3.75. The van der Waals surface area contributed by atoms with Crippen molar-refractivity contribution in [3.63, 3.8) is 0 Å². The Hall–Kier alpha value is 0.380. The van der Waals surface area contributed by atoms with E-state index in [9.17, 15) is 0 Å². The van der Waals surface area contributed by atoms with Gasteiger partial charge in [0.25, 0.3) is 0 Å². The van der Waals surface area contributed by atoms with E-state index in [0.717, 1.165) is 24.5 Å². The summed E-state index contributed by atoms with van der Waals surface area (Å²) in [7, 11) is 0. The molecule has 0 aliphatic rings. The van der Waals surface area contributed by atoms with E-state index in [1.54, 1.807) is 11.3 Å². The molecule has 0 fully saturated rings. The van der Waals surface area contributed by atoms with Crippen molar-refractivity contribution in [1.82, 2.24) is 0 Å². The fourth-order valence-corrected chi connectivity index (χ4v) is 2.46. The van der Waals surface area contributed by atoms with E-state index in [1.807, 2.05) is 17.5 Å². The van der Waals surface area contributed by atoms with Crippen molar-refractivity contribution in [2.75, 3.05) is 33.0 Å². The number of halogens is 2. The number of hydrogen-bond donors (Lipinski definition) is 0. The minimum absolute atomic E-state index is 0.388. The second-order valence-corrected chi connectivity index (χ2v) is 7.89. The molecule has 0 aromatic carbocycles. The molecule has 18 heavy (non-hydrogen) atoms. The molecule has 1 heterocycles. The van der Waals surface area contributed by atoms with Gasteiger partial charge in [-0.2, -0.15) is 0 Å². The van der Waals surface area contributed by atoms with Gasteiger partial charge in [-0.05, 0) is 30.4 Å². The van der Waals surface area contributed by atoms with Gasteiger partial charge in [-0.1, -0.05) is 31.9 Å². The molecule has 0 aliphatic carbocycles. The summed E-state index contributed by atoms with van der Waals surface area (Å²) in [6, 6.07) is 3.92. The smallest absolute Gasteiger partial charge is 0.173 e. The van der Waals surface area contributed by atoms with Gasteiger partial charge in [-0.25, -0.2) is 0 Å². The van der Waals surface area contributed by atoms with Gasteiger partial charge in [0.15, 0.2) is 5.06 Å². The van der Waals surface area contributed by atoms with Gasteiger partial charge >= 0.3 is 0 Å². The number of thiophene rings is 1. The molecular weight excluding hydrogens is 384 g/mol. The standard InChI is InChI=1S/C12H18Br2O3S/c13-11(14)3-1-5-15-6-7-16-8-9-17-12-4-2-10-18-12/h2,4,10-11H,1,3,5-9H2. The van der Waals surface area contributed by atoms with Crippen LogP contribution in [0.3, 0.4) is 0 Å². The lowest BCUT2D eigenvalue weighted by atomic mass is 10.4. The molecule has 0 saturated heterocycles. The molecule has 6 heteroatoms. The number of alkyl halides is 2. The zero-order valence-electron chi connectivity index (χ0n) is 10.1. The number of ether oxygens (including phenoxy) is 3. The highest BCUT2D eigenvalue weighted by atomic mass is 79.9. The van der Waals surface area contributed by atoms with Gasteiger partial charge < -0.3 is 14.2 Å². The number of rotatable bonds is 11. The van der Waals surface area contributed by atoms with E-state index in [-0.39, 0.29) is 0 Å². The van der Waals surface area contributed by atoms with Crippen LogP contribution in [0.15, 0.2) is 17.5 Å². The third-order valence-electron chi connectivity index (χ3n) is 2.05. The van der Waals surface area contributed by atoms with E-state index in [0.29, 0.717) is 30.2 Å². The second-order valence-electron chi connectivity index (χ2n) is 3.54. The van der Waals surface area contributed by atoms with E-state index >= 15 is 0 Å². The first-order valence-corrected chi connectivity index (χ1v) is 8.60. The van der Waals surface area contributed by atoms with Crippen molar-refractivity contribution in [3.05, 3.63) is 17.5 Å². The van der Waals surface area contributed by atoms with E-state index in [1.165, 1.54) is 0 Å². The molecule has 0 atom stereocenters. The summed E-state index contributed by atoms with van der Waals surface area (Å²) in [5.74, 6) is 0. The average molecular weight is 402 g/mol. The first-order valence-electron chi connectivity index (χ1n) is 5.89. The Morgan fingerprint density at radius 2 is 1.78 bits per heavy atom. The van der Waals surface area contributed by atoms with Gasteiger partial charge in [0.1, 0.15) is 6.61 Å². The summed E-state index contributed by atoms with van der Waals surface area (Å²) in [5.41, 5.74) is 0. The molecule has 1 aromatic heterocycles. The highest BCUT2D eigenvalue weighted by Gasteiger charge is 1.97. The van der Waals surface area contributed by atoms with Crippen molar-refractivity contribution in [3.8, 4) is 5.06 Å². The maximum atomic E-state index is 5.46. The Morgan fingerprint density at radius 1 is 1.06 bits per heavy atom. The Labute approximate surface area is 129 Å². The molecule has 0 unspecified atom stereocenters. The fraction of sp³-hybridized carbons (Fsp3) is 0.667. The summed E-state index contributed by atoms with van der Waals surface area (Å²) >= 11 is 8.44. The summed E-state index contributed by atoms with van der Waals surface area (Å²) in [6.07, 6.45) is 2.11. The monoisotopic (exact) mass is 400 g/mol. The maximum absolute atomic E-state index is 5.46. The maximum Gasteiger partial charge on any atom is 0.173 e. The summed E-state index contributed by atoms with van der Waals surface area (Å²) < 4.78 is 16.7. The molecule has 0 bridgehead atoms. The highest BCUT2D eigenvalue weighted by Crippen LogP contribution is 2.17. The van der Waals surface area contributed by atoms with Crippen LogP contribution in [0.1, 0.15) is 12.8 Å². The molecule has 3 nitrogen and oxygen atoms in total. The van der Waals surface area contributed by atoms with Gasteiger partial charge in [0.2, 0.25) is 0 Å². The molecule has 0 aliphatic heterocycles. The van der Waals surface area contributed by atoms with Crippen molar-refractivity contribution in [1.29, 1.82) is 0 Å². The molecule has 0 spiro atoms. The van der Waals surface area contributed by atoms with Crippen LogP contribution in [-0.4, -0.2) is 36.8 Å². The first-order chi connectivity index (χ1) is 8.79. The zero-order valence-corrected chi connectivity index (χ0v) is 14.1. The molecular formula is C12H18Br2O3S. The van der Waals surface area contributed by atoms with Crippen LogP contribution in [0.4, 0.5) is 0 Å². The van der Waals surface area contributed by atoms with Crippen molar-refractivity contribution in [2.24, 2.45) is 0 Å². The Kier molecular flexibility index (Phi) is 10.3. The predicted octanol–water partition coefficient (Wildman–Crippen LogP) is 4.06. The fourth-order valence-electron chi connectivity index (χ4n) is 1.21. The van der Waals surface area contributed by atoms with Crippen molar-refractivity contribution >= 4 is 43.2 Å². The summed E-state index contributed by atoms with van der Waals surface area (Å²) in [5, 5.41) is 2.93. The lowest BCUT2D eigenvalue weighted by Gasteiger charge is -2.06. The minimum Gasteiger partial charge on any atom is -0.482 e. The summed E-state index contributed by atoms with van der Waals surface area (Å²) in [4.78, 5) is 0. The van der Waals surface area contributed by atoms with Crippen LogP contribution in [-0.2, 0) is 9.47 Å². The molecule has 1 rings (SSSR count). The minimum atomic E-state index is 0.388. The normalized spacial score (nSPS) is 11.1. The van der Waals surface area contributed by atoms with Crippen LogP contribution in [0.25, 0.3) is 0 Å². The van der Waals surface area contributed by atoms with Gasteiger partial charge in [-0.15, -0.1) is 11.3 Å². The first kappa shape index (κ1) is 16.4. The predicted molar refractivity (Wildman–Crippen MR) is 82.3 cm³/mol. The molecule has 1 aromatic rings. The molecule has 0 saturated carbocycles. The van der Waals surface area contributed by atoms with Crippen molar-refractivity contribution in [2.45, 2.75) is 16.6 Å². The largest absolute Gasteiger partial charge is 0.482 e. The van der Waals surface area contributed by atoms with Gasteiger partial charge in [0, 0.05) is 6.61 Å². The highest BCUT2D eigenvalue weighted by molar-refractivity contribution is 9.24. The lowest BCUT2D eigenvalue weighted by Crippen LogP contribution is -2.11. The molecule has 0 N–H and O–H groups in total. The Bertz CT molecular complexity index is 281. The van der Waals surface area contributed by atoms with Crippen LogP contribution < -0.4 is 4.74 Å². The van der Waals surface area contributed by atoms with Crippen LogP contribution in [0, 0.1) is 0 Å². The number of hydrogen-bond acceptors (Lipinski definition) is 4. The Morgan fingerprint density at radius 3 is 2.44 bits per heavy atom. The van der Waals surface area contributed by atoms with E-state index in [4.69, 9.17) is 14.2 Å². The zero-order chi connectivity index (χ0) is 13.1. The van der Waals surface area contributed by atoms with E-state index in [2.05, 4.69) is 31.9 Å². The SMILES string of the molecule is BrC(Br)CCCOCCOCCOc1cccs1. The topological polar surface area (TPSA) is 27.7 Å². The van der Waals surface area contributed by atoms with E-state index < -0.39 is 0 Å².